The van der Waals surface area contributed by atoms with Gasteiger partial charge in [-0.05, 0) is 59.2 Å². The molecule has 36 heavy (non-hydrogen) atoms. The molecular weight excluding hydrogens is 455 g/mol. The molecule has 1 heterocycles. The SMILES string of the molecule is O=C(NCc1ccccc1)c1ccc(/C=C2\Oc3ccccc3N(Cc3cccc(F)c3)C2=O)cc1. The number of rotatable bonds is 6. The molecule has 0 saturated heterocycles. The lowest BCUT2D eigenvalue weighted by Gasteiger charge is -2.30. The predicted molar refractivity (Wildman–Crippen MR) is 137 cm³/mol. The zero-order valence-electron chi connectivity index (χ0n) is 19.4. The molecule has 1 aliphatic rings. The average Bonchev–Trinajstić information content (AvgIpc) is 2.91. The van der Waals surface area contributed by atoms with Crippen molar-refractivity contribution >= 4 is 23.6 Å². The Morgan fingerprint density at radius 1 is 0.861 bits per heavy atom. The van der Waals surface area contributed by atoms with Gasteiger partial charge in [0.05, 0.1) is 12.2 Å². The third-order valence-corrected chi connectivity index (χ3v) is 5.83. The zero-order valence-corrected chi connectivity index (χ0v) is 19.4. The number of hydrogen-bond donors (Lipinski definition) is 1. The fraction of sp³-hybridized carbons (Fsp3) is 0.0667. The van der Waals surface area contributed by atoms with Gasteiger partial charge in [-0.15, -0.1) is 0 Å². The lowest BCUT2D eigenvalue weighted by Crippen LogP contribution is -2.36. The maximum absolute atomic E-state index is 13.7. The van der Waals surface area contributed by atoms with Crippen LogP contribution in [0.4, 0.5) is 10.1 Å². The summed E-state index contributed by atoms with van der Waals surface area (Å²) in [5.74, 6) is -0.186. The molecular formula is C30H23FN2O3. The van der Waals surface area contributed by atoms with Crippen LogP contribution < -0.4 is 15.0 Å². The molecule has 5 nitrogen and oxygen atoms in total. The van der Waals surface area contributed by atoms with Crippen LogP contribution in [0, 0.1) is 5.82 Å². The molecule has 1 N–H and O–H groups in total. The van der Waals surface area contributed by atoms with Crippen molar-refractivity contribution in [1.29, 1.82) is 0 Å². The standard InChI is InChI=1S/C30H23FN2O3/c31-25-10-6-9-23(17-25)20-33-26-11-4-5-12-27(26)36-28(30(33)35)18-21-13-15-24(16-14-21)29(34)32-19-22-7-2-1-3-8-22/h1-18H,19-20H2,(H,32,34)/b28-18-. The van der Waals surface area contributed by atoms with Crippen LogP contribution in [0.1, 0.15) is 27.0 Å². The maximum Gasteiger partial charge on any atom is 0.294 e. The van der Waals surface area contributed by atoms with Crippen LogP contribution in [0.5, 0.6) is 5.75 Å². The number of halogens is 1. The largest absolute Gasteiger partial charge is 0.449 e. The second-order valence-corrected chi connectivity index (χ2v) is 8.39. The minimum absolute atomic E-state index is 0.145. The number of carbonyl (C=O) groups excluding carboxylic acids is 2. The van der Waals surface area contributed by atoms with Crippen LogP contribution in [0.3, 0.4) is 0 Å². The van der Waals surface area contributed by atoms with Gasteiger partial charge in [-0.25, -0.2) is 4.39 Å². The van der Waals surface area contributed by atoms with Crippen LogP contribution >= 0.6 is 0 Å². The van der Waals surface area contributed by atoms with Gasteiger partial charge in [0.25, 0.3) is 11.8 Å². The van der Waals surface area contributed by atoms with Gasteiger partial charge in [-0.1, -0.05) is 66.7 Å². The summed E-state index contributed by atoms with van der Waals surface area (Å²) in [6.45, 7) is 0.642. The number of ether oxygens (including phenoxy) is 1. The van der Waals surface area contributed by atoms with Gasteiger partial charge in [0, 0.05) is 12.1 Å². The molecule has 0 spiro atoms. The van der Waals surface area contributed by atoms with E-state index in [0.717, 1.165) is 5.56 Å². The summed E-state index contributed by atoms with van der Waals surface area (Å²) in [5.41, 5.74) is 3.54. The second kappa shape index (κ2) is 10.3. The summed E-state index contributed by atoms with van der Waals surface area (Å²) in [6.07, 6.45) is 1.64. The van der Waals surface area contributed by atoms with Crippen LogP contribution in [-0.4, -0.2) is 11.8 Å². The van der Waals surface area contributed by atoms with Crippen molar-refractivity contribution in [2.24, 2.45) is 0 Å². The van der Waals surface area contributed by atoms with Crippen molar-refractivity contribution in [3.63, 3.8) is 0 Å². The van der Waals surface area contributed by atoms with Crippen molar-refractivity contribution in [3.05, 3.63) is 137 Å². The number of hydrogen-bond acceptors (Lipinski definition) is 3. The fourth-order valence-electron chi connectivity index (χ4n) is 4.00. The topological polar surface area (TPSA) is 58.6 Å². The van der Waals surface area contributed by atoms with Gasteiger partial charge in [0.2, 0.25) is 0 Å². The van der Waals surface area contributed by atoms with E-state index in [-0.39, 0.29) is 29.9 Å². The first kappa shape index (κ1) is 23.1. The van der Waals surface area contributed by atoms with Crippen LogP contribution in [0.15, 0.2) is 109 Å². The van der Waals surface area contributed by atoms with Crippen molar-refractivity contribution in [1.82, 2.24) is 5.32 Å². The Morgan fingerprint density at radius 3 is 2.36 bits per heavy atom. The Kier molecular flexibility index (Phi) is 6.58. The van der Waals surface area contributed by atoms with E-state index in [0.29, 0.717) is 34.7 Å². The second-order valence-electron chi connectivity index (χ2n) is 8.39. The number of fused-ring (bicyclic) bond motifs is 1. The molecule has 6 heteroatoms. The molecule has 4 aromatic rings. The number of benzene rings is 4. The summed E-state index contributed by atoms with van der Waals surface area (Å²) in [6, 6.07) is 30.0. The Morgan fingerprint density at radius 2 is 1.58 bits per heavy atom. The highest BCUT2D eigenvalue weighted by Gasteiger charge is 2.30. The van der Waals surface area contributed by atoms with Crippen molar-refractivity contribution in [2.45, 2.75) is 13.1 Å². The normalized spacial score (nSPS) is 13.8. The third-order valence-electron chi connectivity index (χ3n) is 5.83. The van der Waals surface area contributed by atoms with Gasteiger partial charge in [-0.2, -0.15) is 0 Å². The average molecular weight is 479 g/mol. The highest BCUT2D eigenvalue weighted by molar-refractivity contribution is 6.09. The number of para-hydroxylation sites is 2. The zero-order chi connectivity index (χ0) is 24.9. The van der Waals surface area contributed by atoms with E-state index in [1.54, 1.807) is 59.5 Å². The van der Waals surface area contributed by atoms with Crippen molar-refractivity contribution in [3.8, 4) is 5.75 Å². The van der Waals surface area contributed by atoms with E-state index < -0.39 is 0 Å². The van der Waals surface area contributed by atoms with E-state index in [4.69, 9.17) is 4.74 Å². The monoisotopic (exact) mass is 478 g/mol. The summed E-state index contributed by atoms with van der Waals surface area (Å²) in [7, 11) is 0. The van der Waals surface area contributed by atoms with E-state index in [9.17, 15) is 14.0 Å². The lowest BCUT2D eigenvalue weighted by atomic mass is 10.1. The van der Waals surface area contributed by atoms with Crippen LogP contribution in [0.2, 0.25) is 0 Å². The van der Waals surface area contributed by atoms with E-state index >= 15 is 0 Å². The van der Waals surface area contributed by atoms with Gasteiger partial charge >= 0.3 is 0 Å². The molecule has 0 fully saturated rings. The van der Waals surface area contributed by atoms with Crippen LogP contribution in [0.25, 0.3) is 6.08 Å². The Bertz CT molecular complexity index is 1430. The van der Waals surface area contributed by atoms with Crippen molar-refractivity contribution in [2.75, 3.05) is 4.90 Å². The molecule has 0 atom stereocenters. The number of amides is 2. The Hall–Kier alpha value is -4.71. The first-order valence-corrected chi connectivity index (χ1v) is 11.5. The molecule has 0 radical (unpaired) electrons. The molecule has 5 rings (SSSR count). The van der Waals surface area contributed by atoms with Gasteiger partial charge in [0.1, 0.15) is 5.82 Å². The minimum atomic E-state index is -0.356. The maximum atomic E-state index is 13.7. The van der Waals surface area contributed by atoms with Gasteiger partial charge < -0.3 is 10.1 Å². The Balaban J connectivity index is 1.34. The molecule has 1 aliphatic heterocycles. The molecule has 0 unspecified atom stereocenters. The first-order valence-electron chi connectivity index (χ1n) is 11.5. The smallest absolute Gasteiger partial charge is 0.294 e. The number of anilines is 1. The first-order chi connectivity index (χ1) is 17.6. The van der Waals surface area contributed by atoms with Crippen LogP contribution in [-0.2, 0) is 17.9 Å². The van der Waals surface area contributed by atoms with Gasteiger partial charge in [-0.3, -0.25) is 14.5 Å². The number of nitrogens with zero attached hydrogens (tertiary/aromatic N) is 1. The lowest BCUT2D eigenvalue weighted by molar-refractivity contribution is -0.117. The van der Waals surface area contributed by atoms with E-state index in [2.05, 4.69) is 5.32 Å². The molecule has 4 aromatic carbocycles. The Labute approximate surface area is 208 Å². The molecule has 0 aromatic heterocycles. The quantitative estimate of drug-likeness (QED) is 0.361. The molecule has 0 aliphatic carbocycles. The minimum Gasteiger partial charge on any atom is -0.449 e. The summed E-state index contributed by atoms with van der Waals surface area (Å²) in [4.78, 5) is 27.4. The fourth-order valence-corrected chi connectivity index (χ4v) is 4.00. The molecule has 2 amide bonds. The highest BCUT2D eigenvalue weighted by atomic mass is 19.1. The van der Waals surface area contributed by atoms with Gasteiger partial charge in [0.15, 0.2) is 11.5 Å². The highest BCUT2D eigenvalue weighted by Crippen LogP contribution is 2.36. The van der Waals surface area contributed by atoms with E-state index in [1.807, 2.05) is 42.5 Å². The van der Waals surface area contributed by atoms with E-state index in [1.165, 1.54) is 12.1 Å². The number of carbonyl (C=O) groups is 2. The molecule has 178 valence electrons. The van der Waals surface area contributed by atoms with Crippen molar-refractivity contribution < 1.29 is 18.7 Å². The molecule has 0 saturated carbocycles. The summed E-state index contributed by atoms with van der Waals surface area (Å²) in [5, 5.41) is 2.90. The number of nitrogens with one attached hydrogen (secondary N) is 1. The summed E-state index contributed by atoms with van der Waals surface area (Å²) < 4.78 is 19.7. The molecule has 0 bridgehead atoms. The summed E-state index contributed by atoms with van der Waals surface area (Å²) >= 11 is 0. The third kappa shape index (κ3) is 5.18. The predicted octanol–water partition coefficient (Wildman–Crippen LogP) is 5.72.